The predicted octanol–water partition coefficient (Wildman–Crippen LogP) is 3.45. The molecule has 0 aromatic heterocycles. The Labute approximate surface area is 119 Å². The summed E-state index contributed by atoms with van der Waals surface area (Å²) in [6, 6.07) is 5.16. The summed E-state index contributed by atoms with van der Waals surface area (Å²) in [6.07, 6.45) is 6.08. The average molecular weight is 277 g/mol. The van der Waals surface area contributed by atoms with E-state index < -0.39 is 5.97 Å². The SMILES string of the molecule is CCC1CCCC(OCc2cccc(N)c2C(=O)O)C1. The predicted molar refractivity (Wildman–Crippen MR) is 78.6 cm³/mol. The smallest absolute Gasteiger partial charge is 0.338 e. The Morgan fingerprint density at radius 1 is 1.45 bits per heavy atom. The first-order valence-corrected chi connectivity index (χ1v) is 7.34. The maximum Gasteiger partial charge on any atom is 0.338 e. The van der Waals surface area contributed by atoms with Crippen molar-refractivity contribution in [3.63, 3.8) is 0 Å². The largest absolute Gasteiger partial charge is 0.478 e. The highest BCUT2D eigenvalue weighted by molar-refractivity contribution is 5.95. The number of hydrogen-bond acceptors (Lipinski definition) is 3. The second-order valence-electron chi connectivity index (χ2n) is 5.56. The summed E-state index contributed by atoms with van der Waals surface area (Å²) in [7, 11) is 0. The summed E-state index contributed by atoms with van der Waals surface area (Å²) in [5, 5.41) is 9.23. The Morgan fingerprint density at radius 2 is 2.25 bits per heavy atom. The number of benzene rings is 1. The molecule has 0 amide bonds. The van der Waals surface area contributed by atoms with Crippen LogP contribution in [-0.2, 0) is 11.3 Å². The molecule has 0 saturated heterocycles. The number of carboxylic acid groups (broad SMARTS) is 1. The third kappa shape index (κ3) is 3.51. The van der Waals surface area contributed by atoms with E-state index in [0.29, 0.717) is 17.9 Å². The highest BCUT2D eigenvalue weighted by Crippen LogP contribution is 2.29. The normalized spacial score (nSPS) is 22.6. The molecular weight excluding hydrogens is 254 g/mol. The van der Waals surface area contributed by atoms with Crippen LogP contribution in [-0.4, -0.2) is 17.2 Å². The van der Waals surface area contributed by atoms with Crippen LogP contribution in [0, 0.1) is 5.92 Å². The van der Waals surface area contributed by atoms with Crippen LogP contribution in [0.2, 0.25) is 0 Å². The number of nitrogen functional groups attached to an aromatic ring is 1. The van der Waals surface area contributed by atoms with Crippen LogP contribution in [0.15, 0.2) is 18.2 Å². The quantitative estimate of drug-likeness (QED) is 0.808. The molecule has 0 bridgehead atoms. The van der Waals surface area contributed by atoms with E-state index in [1.165, 1.54) is 19.3 Å². The van der Waals surface area contributed by atoms with Gasteiger partial charge in [-0.3, -0.25) is 0 Å². The van der Waals surface area contributed by atoms with Gasteiger partial charge in [-0.1, -0.05) is 38.3 Å². The summed E-state index contributed by atoms with van der Waals surface area (Å²) < 4.78 is 5.93. The lowest BCUT2D eigenvalue weighted by molar-refractivity contribution is 0.00130. The third-order valence-corrected chi connectivity index (χ3v) is 4.18. The lowest BCUT2D eigenvalue weighted by Crippen LogP contribution is -2.23. The molecule has 4 nitrogen and oxygen atoms in total. The number of aromatic carboxylic acids is 1. The molecule has 1 fully saturated rings. The van der Waals surface area contributed by atoms with Crippen molar-refractivity contribution in [2.75, 3.05) is 5.73 Å². The minimum absolute atomic E-state index is 0.176. The van der Waals surface area contributed by atoms with Crippen molar-refractivity contribution >= 4 is 11.7 Å². The second kappa shape index (κ2) is 6.75. The second-order valence-corrected chi connectivity index (χ2v) is 5.56. The summed E-state index contributed by atoms with van der Waals surface area (Å²) >= 11 is 0. The maximum atomic E-state index is 11.3. The summed E-state index contributed by atoms with van der Waals surface area (Å²) in [5.41, 5.74) is 6.88. The van der Waals surface area contributed by atoms with E-state index in [4.69, 9.17) is 10.5 Å². The van der Waals surface area contributed by atoms with Gasteiger partial charge in [0, 0.05) is 5.69 Å². The van der Waals surface area contributed by atoms with Crippen molar-refractivity contribution in [3.8, 4) is 0 Å². The molecule has 1 aromatic carbocycles. The Balaban J connectivity index is 2.00. The molecular formula is C16H23NO3. The van der Waals surface area contributed by atoms with Crippen LogP contribution in [0.1, 0.15) is 54.9 Å². The van der Waals surface area contributed by atoms with Gasteiger partial charge in [-0.05, 0) is 30.4 Å². The van der Waals surface area contributed by atoms with Gasteiger partial charge in [0.2, 0.25) is 0 Å². The van der Waals surface area contributed by atoms with Crippen LogP contribution >= 0.6 is 0 Å². The fraction of sp³-hybridized carbons (Fsp3) is 0.562. The molecule has 0 radical (unpaired) electrons. The van der Waals surface area contributed by atoms with Gasteiger partial charge in [0.05, 0.1) is 18.3 Å². The topological polar surface area (TPSA) is 72.5 Å². The first-order chi connectivity index (χ1) is 9.61. The lowest BCUT2D eigenvalue weighted by atomic mass is 9.85. The molecule has 0 aliphatic heterocycles. The number of nitrogens with two attached hydrogens (primary N) is 1. The van der Waals surface area contributed by atoms with Crippen LogP contribution in [0.5, 0.6) is 0 Å². The van der Waals surface area contributed by atoms with E-state index in [0.717, 1.165) is 18.8 Å². The van der Waals surface area contributed by atoms with E-state index >= 15 is 0 Å². The Morgan fingerprint density at radius 3 is 2.95 bits per heavy atom. The number of anilines is 1. The number of carbonyl (C=O) groups is 1. The van der Waals surface area contributed by atoms with Crippen LogP contribution in [0.25, 0.3) is 0 Å². The highest BCUT2D eigenvalue weighted by Gasteiger charge is 2.22. The Kier molecular flexibility index (Phi) is 5.01. The molecule has 4 heteroatoms. The van der Waals surface area contributed by atoms with Gasteiger partial charge in [-0.2, -0.15) is 0 Å². The van der Waals surface area contributed by atoms with Crippen LogP contribution < -0.4 is 5.73 Å². The summed E-state index contributed by atoms with van der Waals surface area (Å²) in [5.74, 6) is -0.245. The third-order valence-electron chi connectivity index (χ3n) is 4.18. The molecule has 3 N–H and O–H groups in total. The van der Waals surface area contributed by atoms with Gasteiger partial charge in [-0.25, -0.2) is 4.79 Å². The summed E-state index contributed by atoms with van der Waals surface area (Å²) in [4.78, 5) is 11.3. The van der Waals surface area contributed by atoms with Gasteiger partial charge < -0.3 is 15.6 Å². The zero-order chi connectivity index (χ0) is 14.5. The van der Waals surface area contributed by atoms with Crippen molar-refractivity contribution in [3.05, 3.63) is 29.3 Å². The molecule has 1 aliphatic carbocycles. The zero-order valence-electron chi connectivity index (χ0n) is 12.0. The molecule has 1 aromatic rings. The molecule has 1 aliphatic rings. The standard InChI is InChI=1S/C16H23NO3/c1-2-11-5-3-7-13(9-11)20-10-12-6-4-8-14(17)15(12)16(18)19/h4,6,8,11,13H,2-3,5,7,9-10,17H2,1H3,(H,18,19). The molecule has 0 heterocycles. The first kappa shape index (κ1) is 14.9. The number of ether oxygens (including phenoxy) is 1. The van der Waals surface area contributed by atoms with E-state index in [2.05, 4.69) is 6.92 Å². The summed E-state index contributed by atoms with van der Waals surface area (Å²) in [6.45, 7) is 2.54. The molecule has 1 saturated carbocycles. The fourth-order valence-corrected chi connectivity index (χ4v) is 2.97. The van der Waals surface area contributed by atoms with Gasteiger partial charge in [-0.15, -0.1) is 0 Å². The van der Waals surface area contributed by atoms with Gasteiger partial charge in [0.1, 0.15) is 0 Å². The molecule has 20 heavy (non-hydrogen) atoms. The van der Waals surface area contributed by atoms with E-state index in [-0.39, 0.29) is 11.7 Å². The lowest BCUT2D eigenvalue weighted by Gasteiger charge is -2.28. The van der Waals surface area contributed by atoms with Gasteiger partial charge in [0.25, 0.3) is 0 Å². The minimum atomic E-state index is -0.989. The van der Waals surface area contributed by atoms with E-state index in [1.807, 2.05) is 0 Å². The van der Waals surface area contributed by atoms with Crippen molar-refractivity contribution in [1.29, 1.82) is 0 Å². The zero-order valence-corrected chi connectivity index (χ0v) is 12.0. The van der Waals surface area contributed by atoms with E-state index in [1.54, 1.807) is 18.2 Å². The minimum Gasteiger partial charge on any atom is -0.478 e. The highest BCUT2D eigenvalue weighted by atomic mass is 16.5. The van der Waals surface area contributed by atoms with Crippen molar-refractivity contribution < 1.29 is 14.6 Å². The van der Waals surface area contributed by atoms with Gasteiger partial charge in [0.15, 0.2) is 0 Å². The van der Waals surface area contributed by atoms with Crippen molar-refractivity contribution in [2.45, 2.75) is 51.7 Å². The maximum absolute atomic E-state index is 11.3. The molecule has 2 atom stereocenters. The van der Waals surface area contributed by atoms with Crippen LogP contribution in [0.4, 0.5) is 5.69 Å². The fourth-order valence-electron chi connectivity index (χ4n) is 2.97. The average Bonchev–Trinajstić information content (AvgIpc) is 2.45. The number of rotatable bonds is 5. The van der Waals surface area contributed by atoms with E-state index in [9.17, 15) is 9.90 Å². The Bertz CT molecular complexity index is 473. The van der Waals surface area contributed by atoms with Crippen LogP contribution in [0.3, 0.4) is 0 Å². The van der Waals surface area contributed by atoms with Crippen molar-refractivity contribution in [2.24, 2.45) is 5.92 Å². The number of hydrogen-bond donors (Lipinski definition) is 2. The van der Waals surface area contributed by atoms with Gasteiger partial charge >= 0.3 is 5.97 Å². The Hall–Kier alpha value is -1.55. The molecule has 2 rings (SSSR count). The van der Waals surface area contributed by atoms with Crippen molar-refractivity contribution in [1.82, 2.24) is 0 Å². The molecule has 0 spiro atoms. The first-order valence-electron chi connectivity index (χ1n) is 7.34. The molecule has 2 unspecified atom stereocenters. The monoisotopic (exact) mass is 277 g/mol. The number of carboxylic acids is 1. The molecule has 110 valence electrons.